The minimum Gasteiger partial charge on any atom is -0.508 e. The topological polar surface area (TPSA) is 99.5 Å². The van der Waals surface area contributed by atoms with Crippen LogP contribution in [0.25, 0.3) is 5.76 Å². The number of aliphatic hydroxyl groups excluding tert-OH is 1. The van der Waals surface area contributed by atoms with Crippen LogP contribution in [0.3, 0.4) is 0 Å². The summed E-state index contributed by atoms with van der Waals surface area (Å²) in [5.41, 5.74) is 0.827. The maximum absolute atomic E-state index is 13.1. The van der Waals surface area contributed by atoms with Crippen molar-refractivity contribution in [3.63, 3.8) is 0 Å². The van der Waals surface area contributed by atoms with E-state index in [2.05, 4.69) is 4.90 Å². The number of hydrogen-bond acceptors (Lipinski definition) is 7. The highest BCUT2D eigenvalue weighted by molar-refractivity contribution is 6.46. The second kappa shape index (κ2) is 10.4. The third kappa shape index (κ3) is 4.80. The molecule has 0 saturated carbocycles. The van der Waals surface area contributed by atoms with E-state index in [1.54, 1.807) is 30.3 Å². The molecule has 1 aliphatic rings. The number of benzene rings is 2. The van der Waals surface area contributed by atoms with Gasteiger partial charge >= 0.3 is 0 Å². The van der Waals surface area contributed by atoms with E-state index in [0.717, 1.165) is 13.1 Å². The van der Waals surface area contributed by atoms with Gasteiger partial charge in [-0.05, 0) is 49.0 Å². The molecule has 1 saturated heterocycles. The molecule has 1 atom stereocenters. The first-order chi connectivity index (χ1) is 15.9. The van der Waals surface area contributed by atoms with Crippen LogP contribution in [0.15, 0.2) is 48.0 Å². The van der Waals surface area contributed by atoms with Crippen molar-refractivity contribution in [1.82, 2.24) is 9.80 Å². The number of likely N-dealkylation sites (tertiary alicyclic amines) is 1. The second-order valence-electron chi connectivity index (χ2n) is 7.68. The number of carbonyl (C=O) groups is 2. The molecule has 1 aliphatic heterocycles. The number of ketones is 1. The van der Waals surface area contributed by atoms with Crippen molar-refractivity contribution in [2.24, 2.45) is 0 Å². The Morgan fingerprint density at radius 1 is 1.03 bits per heavy atom. The van der Waals surface area contributed by atoms with Crippen LogP contribution in [0.1, 0.15) is 31.0 Å². The van der Waals surface area contributed by atoms with Crippen LogP contribution in [-0.2, 0) is 9.59 Å². The molecule has 2 aromatic carbocycles. The maximum atomic E-state index is 13.1. The quantitative estimate of drug-likeness (QED) is 0.341. The predicted octanol–water partition coefficient (Wildman–Crippen LogP) is 3.17. The predicted molar refractivity (Wildman–Crippen MR) is 124 cm³/mol. The fourth-order valence-corrected chi connectivity index (χ4v) is 4.08. The lowest BCUT2D eigenvalue weighted by atomic mass is 9.95. The van der Waals surface area contributed by atoms with Gasteiger partial charge in [0.2, 0.25) is 0 Å². The summed E-state index contributed by atoms with van der Waals surface area (Å²) < 4.78 is 10.6. The molecule has 8 nitrogen and oxygen atoms in total. The van der Waals surface area contributed by atoms with Gasteiger partial charge in [0.05, 0.1) is 25.8 Å². The van der Waals surface area contributed by atoms with Gasteiger partial charge in [0.15, 0.2) is 11.5 Å². The highest BCUT2D eigenvalue weighted by Gasteiger charge is 2.46. The van der Waals surface area contributed by atoms with Crippen molar-refractivity contribution < 1.29 is 29.3 Å². The summed E-state index contributed by atoms with van der Waals surface area (Å²) in [6.07, 6.45) is 0. The summed E-state index contributed by atoms with van der Waals surface area (Å²) in [4.78, 5) is 29.8. The summed E-state index contributed by atoms with van der Waals surface area (Å²) in [7, 11) is 2.97. The molecule has 33 heavy (non-hydrogen) atoms. The maximum Gasteiger partial charge on any atom is 0.295 e. The summed E-state index contributed by atoms with van der Waals surface area (Å²) in [6.45, 7) is 6.55. The van der Waals surface area contributed by atoms with Crippen LogP contribution in [0.5, 0.6) is 17.2 Å². The van der Waals surface area contributed by atoms with Crippen LogP contribution in [-0.4, -0.2) is 72.1 Å². The van der Waals surface area contributed by atoms with E-state index in [1.165, 1.54) is 31.3 Å². The summed E-state index contributed by atoms with van der Waals surface area (Å²) in [5, 5.41) is 21.2. The molecule has 0 spiro atoms. The van der Waals surface area contributed by atoms with E-state index < -0.39 is 17.7 Å². The van der Waals surface area contributed by atoms with Crippen molar-refractivity contribution >= 4 is 17.4 Å². The molecule has 1 unspecified atom stereocenters. The minimum absolute atomic E-state index is 0.00736. The van der Waals surface area contributed by atoms with Crippen LogP contribution in [0, 0.1) is 0 Å². The number of rotatable bonds is 9. The lowest BCUT2D eigenvalue weighted by Crippen LogP contribution is -2.38. The van der Waals surface area contributed by atoms with Crippen molar-refractivity contribution in [2.45, 2.75) is 19.9 Å². The Morgan fingerprint density at radius 3 is 2.33 bits per heavy atom. The Labute approximate surface area is 193 Å². The number of aromatic hydroxyl groups is 1. The Bertz CT molecular complexity index is 1060. The van der Waals surface area contributed by atoms with Gasteiger partial charge in [-0.15, -0.1) is 0 Å². The highest BCUT2D eigenvalue weighted by Crippen LogP contribution is 2.41. The lowest BCUT2D eigenvalue weighted by Gasteiger charge is -2.28. The molecular weight excluding hydrogens is 424 g/mol. The monoisotopic (exact) mass is 454 g/mol. The number of amides is 1. The molecule has 0 radical (unpaired) electrons. The van der Waals surface area contributed by atoms with E-state index in [-0.39, 0.29) is 17.1 Å². The molecule has 0 aromatic heterocycles. The van der Waals surface area contributed by atoms with E-state index in [4.69, 9.17) is 9.47 Å². The number of Topliss-reactive ketones (excluding diaryl/α,β-unsaturated/α-hetero) is 1. The first-order valence-corrected chi connectivity index (χ1v) is 10.9. The Kier molecular flexibility index (Phi) is 7.60. The van der Waals surface area contributed by atoms with Gasteiger partial charge in [-0.1, -0.05) is 26.0 Å². The van der Waals surface area contributed by atoms with E-state index >= 15 is 0 Å². The molecule has 0 aliphatic carbocycles. The molecule has 176 valence electrons. The highest BCUT2D eigenvalue weighted by atomic mass is 16.5. The van der Waals surface area contributed by atoms with E-state index in [0.29, 0.717) is 35.7 Å². The molecule has 2 N–H and O–H groups in total. The van der Waals surface area contributed by atoms with Crippen LogP contribution in [0.4, 0.5) is 0 Å². The third-order valence-electron chi connectivity index (χ3n) is 5.93. The fourth-order valence-electron chi connectivity index (χ4n) is 4.08. The Hall–Kier alpha value is -3.52. The third-order valence-corrected chi connectivity index (χ3v) is 5.93. The smallest absolute Gasteiger partial charge is 0.295 e. The van der Waals surface area contributed by atoms with Crippen molar-refractivity contribution in [3.05, 3.63) is 59.2 Å². The van der Waals surface area contributed by atoms with Crippen molar-refractivity contribution in [2.75, 3.05) is 40.4 Å². The fraction of sp³-hybridized carbons (Fsp3) is 0.360. The van der Waals surface area contributed by atoms with Gasteiger partial charge in [-0.3, -0.25) is 9.59 Å². The average molecular weight is 455 g/mol. The number of aliphatic hydroxyl groups is 1. The molecule has 1 fully saturated rings. The number of phenolic OH excluding ortho intramolecular Hbond substituents is 1. The average Bonchev–Trinajstić information content (AvgIpc) is 3.08. The zero-order chi connectivity index (χ0) is 24.1. The van der Waals surface area contributed by atoms with Gasteiger partial charge < -0.3 is 29.5 Å². The van der Waals surface area contributed by atoms with Crippen molar-refractivity contribution in [3.8, 4) is 17.2 Å². The first-order valence-electron chi connectivity index (χ1n) is 10.9. The SMILES string of the molecule is CCN(CC)CCN1C(=O)C(=O)/C(=C(\O)c2ccc(OC)c(OC)c2)C1c1cccc(O)c1. The molecule has 1 heterocycles. The van der Waals surface area contributed by atoms with Crippen LogP contribution < -0.4 is 9.47 Å². The number of methoxy groups -OCH3 is 2. The zero-order valence-electron chi connectivity index (χ0n) is 19.4. The van der Waals surface area contributed by atoms with Gasteiger partial charge in [0.1, 0.15) is 11.5 Å². The van der Waals surface area contributed by atoms with Gasteiger partial charge in [0.25, 0.3) is 11.7 Å². The number of ether oxygens (including phenoxy) is 2. The van der Waals surface area contributed by atoms with Gasteiger partial charge in [0, 0.05) is 18.7 Å². The van der Waals surface area contributed by atoms with E-state index in [9.17, 15) is 19.8 Å². The Morgan fingerprint density at radius 2 is 1.73 bits per heavy atom. The first kappa shape index (κ1) is 24.1. The second-order valence-corrected chi connectivity index (χ2v) is 7.68. The summed E-state index contributed by atoms with van der Waals surface area (Å²) in [5.74, 6) is -0.905. The molecular formula is C25H30N2O6. The normalized spacial score (nSPS) is 17.6. The van der Waals surface area contributed by atoms with E-state index in [1.807, 2.05) is 13.8 Å². The number of hydrogen-bond donors (Lipinski definition) is 2. The number of likely N-dealkylation sites (N-methyl/N-ethyl adjacent to an activating group) is 1. The molecule has 8 heteroatoms. The van der Waals surface area contributed by atoms with Gasteiger partial charge in [-0.25, -0.2) is 0 Å². The molecule has 3 rings (SSSR count). The number of phenols is 1. The summed E-state index contributed by atoms with van der Waals surface area (Å²) in [6, 6.07) is 10.3. The van der Waals surface area contributed by atoms with Crippen LogP contribution in [0.2, 0.25) is 0 Å². The van der Waals surface area contributed by atoms with Crippen molar-refractivity contribution in [1.29, 1.82) is 0 Å². The molecule has 0 bridgehead atoms. The lowest BCUT2D eigenvalue weighted by molar-refractivity contribution is -0.140. The molecule has 1 amide bonds. The molecule has 2 aromatic rings. The zero-order valence-corrected chi connectivity index (χ0v) is 19.4. The summed E-state index contributed by atoms with van der Waals surface area (Å²) >= 11 is 0. The Balaban J connectivity index is 2.13. The van der Waals surface area contributed by atoms with Gasteiger partial charge in [-0.2, -0.15) is 0 Å². The number of nitrogens with zero attached hydrogens (tertiary/aromatic N) is 2. The van der Waals surface area contributed by atoms with Crippen LogP contribution >= 0.6 is 0 Å². The standard InChI is InChI=1S/C25H30N2O6/c1-5-26(6-2)12-13-27-22(16-8-7-9-18(28)14-16)21(24(30)25(27)31)23(29)17-10-11-19(32-3)20(15-17)33-4/h7-11,14-15,22,28-29H,5-6,12-13H2,1-4H3/b23-21-. The largest absolute Gasteiger partial charge is 0.508 e. The number of carbonyl (C=O) groups excluding carboxylic acids is 2. The minimum atomic E-state index is -0.833.